The first-order valence-electron chi connectivity index (χ1n) is 7.45. The van der Waals surface area contributed by atoms with Crippen LogP contribution < -0.4 is 15.0 Å². The fourth-order valence-corrected chi connectivity index (χ4v) is 3.07. The summed E-state index contributed by atoms with van der Waals surface area (Å²) in [7, 11) is 1.82. The van der Waals surface area contributed by atoms with E-state index < -0.39 is 6.10 Å². The fourth-order valence-electron chi connectivity index (χ4n) is 3.07. The molecule has 2 heterocycles. The quantitative estimate of drug-likeness (QED) is 0.898. The van der Waals surface area contributed by atoms with E-state index >= 15 is 0 Å². The lowest BCUT2D eigenvalue weighted by atomic mass is 9.97. The van der Waals surface area contributed by atoms with Crippen LogP contribution >= 0.6 is 0 Å². The number of hydrogen-bond donors (Lipinski definition) is 1. The number of amides is 1. The number of piperidine rings is 1. The molecule has 4 nitrogen and oxygen atoms in total. The number of carbonyl (C=O) groups excluding carboxylic acids is 1. The number of fused-ring (bicyclic) bond motifs is 1. The second kappa shape index (κ2) is 5.44. The Hall–Kier alpha value is -1.55. The number of hydrogen-bond acceptors (Lipinski definition) is 3. The van der Waals surface area contributed by atoms with Gasteiger partial charge in [0.2, 0.25) is 0 Å². The number of likely N-dealkylation sites (N-methyl/N-ethyl adjacent to an activating group) is 1. The Kier molecular flexibility index (Phi) is 3.66. The number of nitrogens with one attached hydrogen (secondary N) is 1. The summed E-state index contributed by atoms with van der Waals surface area (Å²) in [6.07, 6.45) is 4.45. The molecule has 0 saturated carbocycles. The second-order valence-corrected chi connectivity index (χ2v) is 5.81. The first-order valence-corrected chi connectivity index (χ1v) is 7.45. The third kappa shape index (κ3) is 2.52. The third-order valence-electron chi connectivity index (χ3n) is 4.26. The van der Waals surface area contributed by atoms with Gasteiger partial charge in [-0.1, -0.05) is 12.5 Å². The highest BCUT2D eigenvalue weighted by Crippen LogP contribution is 2.34. The summed E-state index contributed by atoms with van der Waals surface area (Å²) in [5.41, 5.74) is 2.15. The first-order chi connectivity index (χ1) is 9.65. The number of benzene rings is 1. The molecule has 1 fully saturated rings. The van der Waals surface area contributed by atoms with Gasteiger partial charge in [-0.3, -0.25) is 4.79 Å². The maximum absolute atomic E-state index is 12.0. The van der Waals surface area contributed by atoms with Crippen molar-refractivity contribution in [2.24, 2.45) is 0 Å². The molecule has 1 saturated heterocycles. The predicted molar refractivity (Wildman–Crippen MR) is 79.3 cm³/mol. The molecule has 0 radical (unpaired) electrons. The van der Waals surface area contributed by atoms with Gasteiger partial charge in [0.25, 0.3) is 5.91 Å². The van der Waals surface area contributed by atoms with Crippen LogP contribution in [0.3, 0.4) is 0 Å². The maximum Gasteiger partial charge on any atom is 0.267 e. The number of ether oxygens (including phenoxy) is 1. The van der Waals surface area contributed by atoms with E-state index in [1.54, 1.807) is 11.8 Å². The average Bonchev–Trinajstić information content (AvgIpc) is 2.47. The molecule has 2 atom stereocenters. The largest absolute Gasteiger partial charge is 0.479 e. The van der Waals surface area contributed by atoms with E-state index in [9.17, 15) is 4.79 Å². The Bertz CT molecular complexity index is 509. The van der Waals surface area contributed by atoms with Crippen LogP contribution in [0, 0.1) is 0 Å². The summed E-state index contributed by atoms with van der Waals surface area (Å²) in [6.45, 7) is 2.91. The molecule has 0 bridgehead atoms. The van der Waals surface area contributed by atoms with Crippen LogP contribution in [0.25, 0.3) is 0 Å². The van der Waals surface area contributed by atoms with Gasteiger partial charge in [0.1, 0.15) is 5.75 Å². The van der Waals surface area contributed by atoms with E-state index in [-0.39, 0.29) is 5.91 Å². The Morgan fingerprint density at radius 2 is 2.25 bits per heavy atom. The molecule has 3 rings (SSSR count). The Balaban J connectivity index is 1.80. The van der Waals surface area contributed by atoms with Crippen LogP contribution in [0.15, 0.2) is 18.2 Å². The zero-order chi connectivity index (χ0) is 14.1. The van der Waals surface area contributed by atoms with Crippen molar-refractivity contribution in [3.63, 3.8) is 0 Å². The van der Waals surface area contributed by atoms with Gasteiger partial charge in [-0.2, -0.15) is 0 Å². The summed E-state index contributed by atoms with van der Waals surface area (Å²) in [5, 5.41) is 3.56. The molecule has 0 aliphatic carbocycles. The highest BCUT2D eigenvalue weighted by molar-refractivity contribution is 5.99. The van der Waals surface area contributed by atoms with Crippen molar-refractivity contribution in [2.75, 3.05) is 18.5 Å². The summed E-state index contributed by atoms with van der Waals surface area (Å²) >= 11 is 0. The molecule has 2 unspecified atom stereocenters. The van der Waals surface area contributed by atoms with E-state index in [2.05, 4.69) is 17.4 Å². The van der Waals surface area contributed by atoms with E-state index in [1.807, 2.05) is 13.1 Å². The second-order valence-electron chi connectivity index (χ2n) is 5.81. The van der Waals surface area contributed by atoms with Crippen LogP contribution in [0.1, 0.15) is 31.7 Å². The minimum Gasteiger partial charge on any atom is -0.479 e. The monoisotopic (exact) mass is 274 g/mol. The highest BCUT2D eigenvalue weighted by Gasteiger charge is 2.29. The van der Waals surface area contributed by atoms with Gasteiger partial charge < -0.3 is 15.0 Å². The molecule has 1 N–H and O–H groups in total. The van der Waals surface area contributed by atoms with Crippen molar-refractivity contribution in [2.45, 2.75) is 44.8 Å². The fraction of sp³-hybridized carbons (Fsp3) is 0.562. The van der Waals surface area contributed by atoms with Gasteiger partial charge in [-0.05, 0) is 50.4 Å². The number of rotatable bonds is 2. The standard InChI is InChI=1S/C16H22N2O2/c1-11-16(19)18(2)14-10-12(6-7-15(14)20-11)9-13-5-3-4-8-17-13/h6-7,10-11,13,17H,3-5,8-9H2,1-2H3. The lowest BCUT2D eigenvalue weighted by Crippen LogP contribution is -2.42. The van der Waals surface area contributed by atoms with Crippen LogP contribution in [-0.4, -0.2) is 31.6 Å². The number of anilines is 1. The topological polar surface area (TPSA) is 41.6 Å². The first kappa shape index (κ1) is 13.4. The molecule has 4 heteroatoms. The molecule has 0 aromatic heterocycles. The SMILES string of the molecule is CC1Oc2ccc(CC3CCCCN3)cc2N(C)C1=O. The minimum absolute atomic E-state index is 0.0189. The van der Waals surface area contributed by atoms with Gasteiger partial charge in [0, 0.05) is 13.1 Å². The predicted octanol–water partition coefficient (Wildman–Crippen LogP) is 2.11. The van der Waals surface area contributed by atoms with E-state index in [4.69, 9.17) is 4.74 Å². The molecule has 1 amide bonds. The van der Waals surface area contributed by atoms with Crippen molar-refractivity contribution in [1.82, 2.24) is 5.32 Å². The zero-order valence-corrected chi connectivity index (χ0v) is 12.2. The molecule has 2 aliphatic rings. The lowest BCUT2D eigenvalue weighted by Gasteiger charge is -2.31. The van der Waals surface area contributed by atoms with Gasteiger partial charge in [0.15, 0.2) is 6.10 Å². The molecular formula is C16H22N2O2. The van der Waals surface area contributed by atoms with Crippen LogP contribution in [0.5, 0.6) is 5.75 Å². The Labute approximate surface area is 120 Å². The van der Waals surface area contributed by atoms with E-state index in [1.165, 1.54) is 24.8 Å². The van der Waals surface area contributed by atoms with Crippen molar-refractivity contribution in [1.29, 1.82) is 0 Å². The van der Waals surface area contributed by atoms with Crippen LogP contribution in [-0.2, 0) is 11.2 Å². The van der Waals surface area contributed by atoms with E-state index in [0.717, 1.165) is 24.4 Å². The molecule has 1 aromatic carbocycles. The Morgan fingerprint density at radius 1 is 1.40 bits per heavy atom. The molecule has 20 heavy (non-hydrogen) atoms. The van der Waals surface area contributed by atoms with Crippen molar-refractivity contribution >= 4 is 11.6 Å². The van der Waals surface area contributed by atoms with Gasteiger partial charge >= 0.3 is 0 Å². The maximum atomic E-state index is 12.0. The van der Waals surface area contributed by atoms with Gasteiger partial charge in [-0.15, -0.1) is 0 Å². The third-order valence-corrected chi connectivity index (χ3v) is 4.26. The number of nitrogens with zero attached hydrogens (tertiary/aromatic N) is 1. The molecule has 1 aromatic rings. The van der Waals surface area contributed by atoms with Crippen molar-refractivity contribution in [3.8, 4) is 5.75 Å². The van der Waals surface area contributed by atoms with E-state index in [0.29, 0.717) is 6.04 Å². The summed E-state index contributed by atoms with van der Waals surface area (Å²) in [6, 6.07) is 6.76. The highest BCUT2D eigenvalue weighted by atomic mass is 16.5. The zero-order valence-electron chi connectivity index (χ0n) is 12.2. The van der Waals surface area contributed by atoms with Crippen LogP contribution in [0.2, 0.25) is 0 Å². The summed E-state index contributed by atoms with van der Waals surface area (Å²) in [4.78, 5) is 13.7. The summed E-state index contributed by atoms with van der Waals surface area (Å²) in [5.74, 6) is 0.824. The van der Waals surface area contributed by atoms with Gasteiger partial charge in [0.05, 0.1) is 5.69 Å². The lowest BCUT2D eigenvalue weighted by molar-refractivity contribution is -0.125. The molecule has 108 valence electrons. The molecule has 2 aliphatic heterocycles. The summed E-state index contributed by atoms with van der Waals surface area (Å²) < 4.78 is 5.65. The van der Waals surface area contributed by atoms with Crippen molar-refractivity contribution in [3.05, 3.63) is 23.8 Å². The van der Waals surface area contributed by atoms with Crippen molar-refractivity contribution < 1.29 is 9.53 Å². The molecular weight excluding hydrogens is 252 g/mol. The Morgan fingerprint density at radius 3 is 3.00 bits per heavy atom. The van der Waals surface area contributed by atoms with Crippen LogP contribution in [0.4, 0.5) is 5.69 Å². The average molecular weight is 274 g/mol. The number of carbonyl (C=O) groups is 1. The van der Waals surface area contributed by atoms with Gasteiger partial charge in [-0.25, -0.2) is 0 Å². The molecule has 0 spiro atoms. The minimum atomic E-state index is -0.390. The normalized spacial score (nSPS) is 26.1. The smallest absolute Gasteiger partial charge is 0.267 e.